The van der Waals surface area contributed by atoms with Gasteiger partial charge in [-0.3, -0.25) is 0 Å². The molecule has 2 N–H and O–H groups in total. The summed E-state index contributed by atoms with van der Waals surface area (Å²) in [5.74, 6) is 0.312. The van der Waals surface area contributed by atoms with Crippen molar-refractivity contribution in [2.45, 2.75) is 39.7 Å². The number of carbonyl (C=O) groups is 2. The van der Waals surface area contributed by atoms with E-state index in [1.165, 1.54) is 0 Å². The van der Waals surface area contributed by atoms with E-state index in [2.05, 4.69) is 17.2 Å². The second-order valence-electron chi connectivity index (χ2n) is 6.26. The molecule has 0 spiro atoms. The van der Waals surface area contributed by atoms with E-state index in [0.29, 0.717) is 46.4 Å². The highest BCUT2D eigenvalue weighted by Gasteiger charge is 2.34. The van der Waals surface area contributed by atoms with Crippen LogP contribution in [0.5, 0.6) is 11.5 Å². The molecule has 0 saturated carbocycles. The lowest BCUT2D eigenvalue weighted by Gasteiger charge is -2.30. The second kappa shape index (κ2) is 10.8. The van der Waals surface area contributed by atoms with E-state index in [1.54, 1.807) is 25.1 Å². The highest BCUT2D eigenvalue weighted by molar-refractivity contribution is 6.32. The van der Waals surface area contributed by atoms with Gasteiger partial charge in [0.1, 0.15) is 6.61 Å². The van der Waals surface area contributed by atoms with Crippen molar-refractivity contribution in [1.29, 1.82) is 0 Å². The number of hydrogen-bond donors (Lipinski definition) is 2. The van der Waals surface area contributed by atoms with Gasteiger partial charge in [-0.1, -0.05) is 37.6 Å². The molecule has 0 radical (unpaired) electrons. The van der Waals surface area contributed by atoms with Crippen molar-refractivity contribution < 1.29 is 23.8 Å². The molecule has 1 aliphatic heterocycles. The Morgan fingerprint density at radius 2 is 2.00 bits per heavy atom. The zero-order valence-electron chi connectivity index (χ0n) is 17.0. The maximum atomic E-state index is 12.7. The Morgan fingerprint density at radius 3 is 2.62 bits per heavy atom. The van der Waals surface area contributed by atoms with E-state index < -0.39 is 18.0 Å². The van der Waals surface area contributed by atoms with Crippen molar-refractivity contribution in [3.8, 4) is 11.5 Å². The largest absolute Gasteiger partial charge is 0.490 e. The van der Waals surface area contributed by atoms with Crippen molar-refractivity contribution >= 4 is 23.6 Å². The number of hydrogen-bond acceptors (Lipinski definition) is 5. The van der Waals surface area contributed by atoms with Crippen LogP contribution in [0.1, 0.15) is 45.2 Å². The normalized spacial score (nSPS) is 16.0. The summed E-state index contributed by atoms with van der Waals surface area (Å²) in [5.41, 5.74) is 1.49. The van der Waals surface area contributed by atoms with Crippen molar-refractivity contribution in [3.63, 3.8) is 0 Å². The quantitative estimate of drug-likeness (QED) is 0.434. The first-order valence-electron chi connectivity index (χ1n) is 9.64. The summed E-state index contributed by atoms with van der Waals surface area (Å²) in [6.45, 7) is 10.1. The highest BCUT2D eigenvalue weighted by Crippen LogP contribution is 2.40. The predicted molar refractivity (Wildman–Crippen MR) is 111 cm³/mol. The summed E-state index contributed by atoms with van der Waals surface area (Å²) < 4.78 is 16.6. The lowest BCUT2D eigenvalue weighted by Crippen LogP contribution is -2.46. The Balaban J connectivity index is 2.58. The molecule has 0 aromatic heterocycles. The average molecular weight is 423 g/mol. The molecule has 1 aromatic carbocycles. The van der Waals surface area contributed by atoms with Gasteiger partial charge in [-0.15, -0.1) is 0 Å². The monoisotopic (exact) mass is 422 g/mol. The number of nitrogens with one attached hydrogen (secondary N) is 2. The number of esters is 1. The first kappa shape index (κ1) is 22.6. The zero-order chi connectivity index (χ0) is 21.4. The molecule has 1 aromatic rings. The number of ether oxygens (including phenoxy) is 3. The van der Waals surface area contributed by atoms with E-state index in [4.69, 9.17) is 25.8 Å². The molecular weight excluding hydrogens is 396 g/mol. The molecule has 29 heavy (non-hydrogen) atoms. The van der Waals surface area contributed by atoms with Gasteiger partial charge in [0.25, 0.3) is 0 Å². The van der Waals surface area contributed by atoms with Gasteiger partial charge < -0.3 is 24.8 Å². The Labute approximate surface area is 176 Å². The predicted octanol–water partition coefficient (Wildman–Crippen LogP) is 4.27. The standard InChI is InChI=1S/C21H27ClN2O5/c1-5-9-15-17(20(25)28-8-4)18(24-21(26)23-15)13-11-14(22)19(29-10-6-2)16(12-13)27-7-3/h6,11-12,18H,2,5,7-10H2,1,3-4H3,(H2,23,24,26). The third-order valence-electron chi connectivity index (χ3n) is 4.16. The molecule has 0 fully saturated rings. The average Bonchev–Trinajstić information content (AvgIpc) is 2.67. The van der Waals surface area contributed by atoms with Gasteiger partial charge in [0.2, 0.25) is 0 Å². The molecule has 1 heterocycles. The van der Waals surface area contributed by atoms with Gasteiger partial charge in [-0.25, -0.2) is 9.59 Å². The van der Waals surface area contributed by atoms with Gasteiger partial charge >= 0.3 is 12.0 Å². The maximum Gasteiger partial charge on any atom is 0.338 e. The van der Waals surface area contributed by atoms with E-state index in [0.717, 1.165) is 6.42 Å². The van der Waals surface area contributed by atoms with Gasteiger partial charge in [-0.05, 0) is 38.0 Å². The van der Waals surface area contributed by atoms with Crippen molar-refractivity contribution in [1.82, 2.24) is 10.6 Å². The first-order chi connectivity index (χ1) is 14.0. The maximum absolute atomic E-state index is 12.7. The fourth-order valence-electron chi connectivity index (χ4n) is 3.06. The molecular formula is C21H27ClN2O5. The second-order valence-corrected chi connectivity index (χ2v) is 6.66. The number of halogens is 1. The Kier molecular flexibility index (Phi) is 8.39. The molecule has 1 aliphatic rings. The molecule has 7 nitrogen and oxygen atoms in total. The highest BCUT2D eigenvalue weighted by atomic mass is 35.5. The zero-order valence-corrected chi connectivity index (χ0v) is 17.7. The van der Waals surface area contributed by atoms with E-state index in [-0.39, 0.29) is 13.2 Å². The lowest BCUT2D eigenvalue weighted by molar-refractivity contribution is -0.139. The number of urea groups is 1. The fourth-order valence-corrected chi connectivity index (χ4v) is 3.34. The molecule has 0 aliphatic carbocycles. The topological polar surface area (TPSA) is 85.9 Å². The van der Waals surface area contributed by atoms with Crippen LogP contribution in [0, 0.1) is 0 Å². The van der Waals surface area contributed by atoms with Gasteiger partial charge in [0.15, 0.2) is 11.5 Å². The molecule has 2 rings (SSSR count). The van der Waals surface area contributed by atoms with Gasteiger partial charge in [-0.2, -0.15) is 0 Å². The number of benzene rings is 1. The van der Waals surface area contributed by atoms with Crippen LogP contribution in [-0.2, 0) is 9.53 Å². The summed E-state index contributed by atoms with van der Waals surface area (Å²) in [6.07, 6.45) is 2.89. The first-order valence-corrected chi connectivity index (χ1v) is 10.0. The SMILES string of the molecule is C=CCOc1c(Cl)cc(C2NC(=O)NC(CCC)=C2C(=O)OCC)cc1OCC. The molecule has 0 saturated heterocycles. The number of amides is 2. The summed E-state index contributed by atoms with van der Waals surface area (Å²) in [5, 5.41) is 5.82. The van der Waals surface area contributed by atoms with Crippen LogP contribution in [-0.4, -0.2) is 31.8 Å². The van der Waals surface area contributed by atoms with Crippen LogP contribution in [0.2, 0.25) is 5.02 Å². The lowest BCUT2D eigenvalue weighted by atomic mass is 9.93. The third-order valence-corrected chi connectivity index (χ3v) is 4.44. The fraction of sp³-hybridized carbons (Fsp3) is 0.429. The minimum atomic E-state index is -0.727. The number of carbonyl (C=O) groups excluding carboxylic acids is 2. The minimum Gasteiger partial charge on any atom is -0.490 e. The summed E-state index contributed by atoms with van der Waals surface area (Å²) >= 11 is 6.45. The van der Waals surface area contributed by atoms with Gasteiger partial charge in [0.05, 0.1) is 29.9 Å². The number of allylic oxidation sites excluding steroid dienone is 1. The van der Waals surface area contributed by atoms with Crippen molar-refractivity contribution in [2.75, 3.05) is 19.8 Å². The van der Waals surface area contributed by atoms with E-state index >= 15 is 0 Å². The van der Waals surface area contributed by atoms with Crippen LogP contribution < -0.4 is 20.1 Å². The van der Waals surface area contributed by atoms with Crippen LogP contribution in [0.3, 0.4) is 0 Å². The summed E-state index contributed by atoms with van der Waals surface area (Å²) in [4.78, 5) is 25.0. The van der Waals surface area contributed by atoms with Crippen LogP contribution in [0.25, 0.3) is 0 Å². The molecule has 1 unspecified atom stereocenters. The Hall–Kier alpha value is -2.67. The van der Waals surface area contributed by atoms with Crippen LogP contribution in [0.4, 0.5) is 4.79 Å². The Morgan fingerprint density at radius 1 is 1.24 bits per heavy atom. The molecule has 1 atom stereocenters. The van der Waals surface area contributed by atoms with Crippen molar-refractivity contribution in [3.05, 3.63) is 46.6 Å². The van der Waals surface area contributed by atoms with Gasteiger partial charge in [0, 0.05) is 5.70 Å². The molecule has 8 heteroatoms. The molecule has 2 amide bonds. The van der Waals surface area contributed by atoms with E-state index in [1.807, 2.05) is 13.8 Å². The summed E-state index contributed by atoms with van der Waals surface area (Å²) in [6, 6.07) is 2.25. The van der Waals surface area contributed by atoms with Crippen LogP contribution >= 0.6 is 11.6 Å². The number of rotatable bonds is 10. The van der Waals surface area contributed by atoms with Crippen molar-refractivity contribution in [2.24, 2.45) is 0 Å². The third kappa shape index (κ3) is 5.44. The molecule has 0 bridgehead atoms. The molecule has 158 valence electrons. The minimum absolute atomic E-state index is 0.224. The van der Waals surface area contributed by atoms with Crippen LogP contribution in [0.15, 0.2) is 36.1 Å². The van der Waals surface area contributed by atoms with E-state index in [9.17, 15) is 9.59 Å². The summed E-state index contributed by atoms with van der Waals surface area (Å²) in [7, 11) is 0. The Bertz CT molecular complexity index is 807. The smallest absolute Gasteiger partial charge is 0.338 e.